The molecular formula is C17H20N4S. The van der Waals surface area contributed by atoms with Crippen molar-refractivity contribution in [1.82, 2.24) is 20.1 Å². The fraction of sp³-hybridized carbons (Fsp3) is 0.294. The van der Waals surface area contributed by atoms with Crippen LogP contribution in [0.25, 0.3) is 11.3 Å². The minimum atomic E-state index is 0.309. The third-order valence-electron chi connectivity index (χ3n) is 3.86. The van der Waals surface area contributed by atoms with Gasteiger partial charge in [-0.25, -0.2) is 4.98 Å². The first kappa shape index (κ1) is 14.9. The van der Waals surface area contributed by atoms with Gasteiger partial charge >= 0.3 is 0 Å². The number of nitrogens with zero attached hydrogens (tertiary/aromatic N) is 3. The molecular weight excluding hydrogens is 292 g/mol. The second-order valence-corrected chi connectivity index (χ2v) is 6.33. The van der Waals surface area contributed by atoms with Crippen molar-refractivity contribution in [2.24, 2.45) is 0 Å². The standard InChI is InChI=1S/C17H20N4S/c1-13(14(2)21-10-6-9-19-21)18-11-17-20-16(12-22-17)15-7-4-3-5-8-15/h3-10,12-14,18H,11H2,1-2H3/t13-,14-/m1/s1. The van der Waals surface area contributed by atoms with Crippen LogP contribution in [0.5, 0.6) is 0 Å². The molecule has 4 nitrogen and oxygen atoms in total. The third-order valence-corrected chi connectivity index (χ3v) is 4.71. The Bertz CT molecular complexity index is 691. The van der Waals surface area contributed by atoms with Crippen LogP contribution in [0.2, 0.25) is 0 Å². The molecule has 2 heterocycles. The molecule has 0 saturated heterocycles. The highest BCUT2D eigenvalue weighted by atomic mass is 32.1. The Labute approximate surface area is 134 Å². The van der Waals surface area contributed by atoms with E-state index >= 15 is 0 Å². The Morgan fingerprint density at radius 3 is 2.73 bits per heavy atom. The van der Waals surface area contributed by atoms with Crippen LogP contribution in [0.4, 0.5) is 0 Å². The maximum absolute atomic E-state index is 4.71. The van der Waals surface area contributed by atoms with Gasteiger partial charge in [-0.15, -0.1) is 11.3 Å². The van der Waals surface area contributed by atoms with Crippen molar-refractivity contribution >= 4 is 11.3 Å². The minimum absolute atomic E-state index is 0.309. The van der Waals surface area contributed by atoms with Crippen LogP contribution in [0.1, 0.15) is 24.9 Å². The predicted octanol–water partition coefficient (Wildman–Crippen LogP) is 3.75. The fourth-order valence-corrected chi connectivity index (χ4v) is 3.06. The van der Waals surface area contributed by atoms with Crippen LogP contribution in [0.3, 0.4) is 0 Å². The van der Waals surface area contributed by atoms with Gasteiger partial charge in [0.2, 0.25) is 0 Å². The zero-order valence-corrected chi connectivity index (χ0v) is 13.6. The first-order valence-electron chi connectivity index (χ1n) is 7.46. The summed E-state index contributed by atoms with van der Waals surface area (Å²) in [4.78, 5) is 4.71. The van der Waals surface area contributed by atoms with Gasteiger partial charge < -0.3 is 5.32 Å². The van der Waals surface area contributed by atoms with Crippen LogP contribution in [0, 0.1) is 0 Å². The summed E-state index contributed by atoms with van der Waals surface area (Å²) >= 11 is 1.70. The molecule has 3 rings (SSSR count). The van der Waals surface area contributed by atoms with Gasteiger partial charge in [-0.3, -0.25) is 4.68 Å². The second kappa shape index (κ2) is 6.85. The van der Waals surface area contributed by atoms with Crippen molar-refractivity contribution in [3.63, 3.8) is 0 Å². The molecule has 0 bridgehead atoms. The summed E-state index contributed by atoms with van der Waals surface area (Å²) in [5.74, 6) is 0. The number of thiazole rings is 1. The summed E-state index contributed by atoms with van der Waals surface area (Å²) < 4.78 is 1.98. The van der Waals surface area contributed by atoms with Crippen molar-refractivity contribution in [3.8, 4) is 11.3 Å². The molecule has 1 N–H and O–H groups in total. The lowest BCUT2D eigenvalue weighted by atomic mass is 10.2. The zero-order valence-electron chi connectivity index (χ0n) is 12.8. The molecule has 0 fully saturated rings. The van der Waals surface area contributed by atoms with Crippen LogP contribution in [-0.4, -0.2) is 20.8 Å². The highest BCUT2D eigenvalue weighted by Gasteiger charge is 2.14. The monoisotopic (exact) mass is 312 g/mol. The predicted molar refractivity (Wildman–Crippen MR) is 90.8 cm³/mol. The average molecular weight is 312 g/mol. The Balaban J connectivity index is 1.59. The van der Waals surface area contributed by atoms with Gasteiger partial charge in [0.05, 0.1) is 11.7 Å². The topological polar surface area (TPSA) is 42.7 Å². The van der Waals surface area contributed by atoms with E-state index in [0.29, 0.717) is 12.1 Å². The maximum atomic E-state index is 4.71. The van der Waals surface area contributed by atoms with E-state index in [1.54, 1.807) is 11.3 Å². The van der Waals surface area contributed by atoms with Gasteiger partial charge in [-0.1, -0.05) is 30.3 Å². The molecule has 22 heavy (non-hydrogen) atoms. The molecule has 3 aromatic rings. The molecule has 2 atom stereocenters. The summed E-state index contributed by atoms with van der Waals surface area (Å²) in [6.07, 6.45) is 3.82. The average Bonchev–Trinajstić information content (AvgIpc) is 3.24. The van der Waals surface area contributed by atoms with Crippen LogP contribution >= 0.6 is 11.3 Å². The minimum Gasteiger partial charge on any atom is -0.306 e. The van der Waals surface area contributed by atoms with Gasteiger partial charge in [0.25, 0.3) is 0 Å². The Morgan fingerprint density at radius 1 is 1.18 bits per heavy atom. The molecule has 114 valence electrons. The fourth-order valence-electron chi connectivity index (χ4n) is 2.30. The van der Waals surface area contributed by atoms with Gasteiger partial charge in [0.15, 0.2) is 0 Å². The lowest BCUT2D eigenvalue weighted by Crippen LogP contribution is -2.33. The Morgan fingerprint density at radius 2 is 2.00 bits per heavy atom. The van der Waals surface area contributed by atoms with Crippen molar-refractivity contribution in [2.75, 3.05) is 0 Å². The Hall–Kier alpha value is -1.98. The van der Waals surface area contributed by atoms with Crippen LogP contribution in [-0.2, 0) is 6.54 Å². The van der Waals surface area contributed by atoms with Crippen molar-refractivity contribution in [2.45, 2.75) is 32.5 Å². The van der Waals surface area contributed by atoms with E-state index in [2.05, 4.69) is 41.8 Å². The highest BCUT2D eigenvalue weighted by Crippen LogP contribution is 2.21. The molecule has 0 aliphatic rings. The normalized spacial score (nSPS) is 13.9. The third kappa shape index (κ3) is 3.43. The van der Waals surface area contributed by atoms with E-state index < -0.39 is 0 Å². The zero-order chi connectivity index (χ0) is 15.4. The summed E-state index contributed by atoms with van der Waals surface area (Å²) in [6.45, 7) is 5.13. The molecule has 0 saturated carbocycles. The summed E-state index contributed by atoms with van der Waals surface area (Å²) in [5, 5.41) is 11.1. The summed E-state index contributed by atoms with van der Waals surface area (Å²) in [7, 11) is 0. The maximum Gasteiger partial charge on any atom is 0.107 e. The van der Waals surface area contributed by atoms with E-state index in [4.69, 9.17) is 4.98 Å². The first-order chi connectivity index (χ1) is 10.7. The van der Waals surface area contributed by atoms with Gasteiger partial charge in [0, 0.05) is 35.9 Å². The molecule has 0 radical (unpaired) electrons. The quantitative estimate of drug-likeness (QED) is 0.754. The molecule has 0 amide bonds. The lowest BCUT2D eigenvalue weighted by molar-refractivity contribution is 0.365. The van der Waals surface area contributed by atoms with Crippen LogP contribution < -0.4 is 5.32 Å². The first-order valence-corrected chi connectivity index (χ1v) is 8.34. The number of aromatic nitrogens is 3. The largest absolute Gasteiger partial charge is 0.306 e. The molecule has 0 unspecified atom stereocenters. The number of hydrogen-bond acceptors (Lipinski definition) is 4. The summed E-state index contributed by atoms with van der Waals surface area (Å²) in [6, 6.07) is 12.9. The SMILES string of the molecule is C[C@H]([C@@H](C)NCc1nc(-c2ccccc2)cs1)n1cccn1. The Kier molecular flexibility index (Phi) is 4.65. The number of rotatable bonds is 6. The van der Waals surface area contributed by atoms with E-state index in [9.17, 15) is 0 Å². The van der Waals surface area contributed by atoms with Gasteiger partial charge in [-0.05, 0) is 19.9 Å². The van der Waals surface area contributed by atoms with E-state index in [1.165, 1.54) is 5.56 Å². The van der Waals surface area contributed by atoms with E-state index in [0.717, 1.165) is 17.2 Å². The second-order valence-electron chi connectivity index (χ2n) is 5.39. The number of hydrogen-bond donors (Lipinski definition) is 1. The van der Waals surface area contributed by atoms with Crippen molar-refractivity contribution in [1.29, 1.82) is 0 Å². The number of benzene rings is 1. The van der Waals surface area contributed by atoms with Crippen molar-refractivity contribution in [3.05, 3.63) is 59.2 Å². The lowest BCUT2D eigenvalue weighted by Gasteiger charge is -2.21. The van der Waals surface area contributed by atoms with E-state index in [-0.39, 0.29) is 0 Å². The molecule has 5 heteroatoms. The van der Waals surface area contributed by atoms with Crippen LogP contribution in [0.15, 0.2) is 54.2 Å². The smallest absolute Gasteiger partial charge is 0.107 e. The summed E-state index contributed by atoms with van der Waals surface area (Å²) in [5.41, 5.74) is 2.22. The van der Waals surface area contributed by atoms with Crippen molar-refractivity contribution < 1.29 is 0 Å². The molecule has 1 aromatic carbocycles. The highest BCUT2D eigenvalue weighted by molar-refractivity contribution is 7.09. The molecule has 0 aliphatic heterocycles. The molecule has 0 aliphatic carbocycles. The van der Waals surface area contributed by atoms with E-state index in [1.807, 2.05) is 41.3 Å². The van der Waals surface area contributed by atoms with Gasteiger partial charge in [-0.2, -0.15) is 5.10 Å². The molecule has 2 aromatic heterocycles. The molecule has 0 spiro atoms. The van der Waals surface area contributed by atoms with Gasteiger partial charge in [0.1, 0.15) is 5.01 Å². The number of nitrogens with one attached hydrogen (secondary N) is 1.